The van der Waals surface area contributed by atoms with E-state index in [2.05, 4.69) is 4.98 Å². The summed E-state index contributed by atoms with van der Waals surface area (Å²) in [6, 6.07) is 5.52. The lowest BCUT2D eigenvalue weighted by Crippen LogP contribution is -2.26. The molecule has 3 nitrogen and oxygen atoms in total. The minimum atomic E-state index is -4.81. The number of imidazole rings is 1. The summed E-state index contributed by atoms with van der Waals surface area (Å²) in [6.45, 7) is 4.36. The standard InChI is InChI=1S/C14H15F3N2O/c1-3-6-19-11-5-4-9(2)7-10(11)18-13(19)8-12(20)14(15,16)17/h4-5,7H,3,6,8H2,1-2H3. The third kappa shape index (κ3) is 2.84. The van der Waals surface area contributed by atoms with E-state index in [9.17, 15) is 18.0 Å². The number of fused-ring (bicyclic) bond motifs is 1. The van der Waals surface area contributed by atoms with E-state index in [1.807, 2.05) is 32.0 Å². The number of ketones is 1. The van der Waals surface area contributed by atoms with Gasteiger partial charge in [-0.05, 0) is 31.0 Å². The molecular formula is C14H15F3N2O. The van der Waals surface area contributed by atoms with E-state index in [-0.39, 0.29) is 5.82 Å². The lowest BCUT2D eigenvalue weighted by molar-refractivity contribution is -0.170. The molecule has 1 heterocycles. The van der Waals surface area contributed by atoms with Crippen molar-refractivity contribution in [2.24, 2.45) is 0 Å². The predicted octanol–water partition coefficient (Wildman–Crippen LogP) is 3.43. The average molecular weight is 284 g/mol. The maximum absolute atomic E-state index is 12.4. The van der Waals surface area contributed by atoms with Gasteiger partial charge in [-0.15, -0.1) is 0 Å². The van der Waals surface area contributed by atoms with Gasteiger partial charge in [0.15, 0.2) is 0 Å². The van der Waals surface area contributed by atoms with Gasteiger partial charge in [-0.25, -0.2) is 4.98 Å². The van der Waals surface area contributed by atoms with E-state index in [4.69, 9.17) is 0 Å². The number of rotatable bonds is 4. The fraction of sp³-hybridized carbons (Fsp3) is 0.429. The van der Waals surface area contributed by atoms with Crippen LogP contribution in [0.1, 0.15) is 24.7 Å². The van der Waals surface area contributed by atoms with Gasteiger partial charge in [-0.1, -0.05) is 13.0 Å². The fourth-order valence-electron chi connectivity index (χ4n) is 2.14. The minimum Gasteiger partial charge on any atom is -0.328 e. The molecule has 0 spiro atoms. The number of nitrogens with zero attached hydrogens (tertiary/aromatic N) is 2. The molecule has 0 aliphatic carbocycles. The first-order valence-corrected chi connectivity index (χ1v) is 6.38. The lowest BCUT2D eigenvalue weighted by Gasteiger charge is -2.08. The van der Waals surface area contributed by atoms with Crippen molar-refractivity contribution in [3.63, 3.8) is 0 Å². The molecule has 0 atom stereocenters. The van der Waals surface area contributed by atoms with Crippen molar-refractivity contribution < 1.29 is 18.0 Å². The van der Waals surface area contributed by atoms with Gasteiger partial charge >= 0.3 is 6.18 Å². The molecule has 0 unspecified atom stereocenters. The van der Waals surface area contributed by atoms with Crippen LogP contribution >= 0.6 is 0 Å². The summed E-state index contributed by atoms with van der Waals surface area (Å²) >= 11 is 0. The Morgan fingerprint density at radius 3 is 2.65 bits per heavy atom. The number of hydrogen-bond acceptors (Lipinski definition) is 2. The van der Waals surface area contributed by atoms with Gasteiger partial charge in [-0.3, -0.25) is 4.79 Å². The zero-order valence-electron chi connectivity index (χ0n) is 11.3. The largest absolute Gasteiger partial charge is 0.450 e. The summed E-state index contributed by atoms with van der Waals surface area (Å²) in [5.41, 5.74) is 2.37. The summed E-state index contributed by atoms with van der Waals surface area (Å²) in [5, 5.41) is 0. The molecule has 0 aliphatic rings. The molecule has 1 aromatic heterocycles. The summed E-state index contributed by atoms with van der Waals surface area (Å²) in [7, 11) is 0. The number of benzene rings is 1. The van der Waals surface area contributed by atoms with Gasteiger partial charge in [0.05, 0.1) is 17.5 Å². The topological polar surface area (TPSA) is 34.9 Å². The number of aryl methyl sites for hydroxylation is 2. The van der Waals surface area contributed by atoms with Crippen LogP contribution in [-0.4, -0.2) is 21.5 Å². The highest BCUT2D eigenvalue weighted by atomic mass is 19.4. The van der Waals surface area contributed by atoms with Gasteiger partial charge in [0.1, 0.15) is 5.82 Å². The highest BCUT2D eigenvalue weighted by Gasteiger charge is 2.38. The molecule has 6 heteroatoms. The van der Waals surface area contributed by atoms with Crippen molar-refractivity contribution in [3.8, 4) is 0 Å². The van der Waals surface area contributed by atoms with E-state index in [1.54, 1.807) is 4.57 Å². The zero-order chi connectivity index (χ0) is 14.9. The Balaban J connectivity index is 2.46. The number of halogens is 3. The molecular weight excluding hydrogens is 269 g/mol. The van der Waals surface area contributed by atoms with Crippen LogP contribution in [0.4, 0.5) is 13.2 Å². The van der Waals surface area contributed by atoms with Crippen LogP contribution in [0.2, 0.25) is 0 Å². The van der Waals surface area contributed by atoms with Crippen LogP contribution in [0, 0.1) is 6.92 Å². The maximum atomic E-state index is 12.4. The summed E-state index contributed by atoms with van der Waals surface area (Å²) in [6.07, 6.45) is -4.77. The second kappa shape index (κ2) is 5.26. The molecule has 1 aromatic carbocycles. The van der Waals surface area contributed by atoms with Crippen molar-refractivity contribution in [1.82, 2.24) is 9.55 Å². The van der Waals surface area contributed by atoms with Gasteiger partial charge < -0.3 is 4.57 Å². The second-order valence-electron chi connectivity index (χ2n) is 4.77. The summed E-state index contributed by atoms with van der Waals surface area (Å²) in [5.74, 6) is -1.59. The number of Topliss-reactive ketones (excluding diaryl/α,β-unsaturated/α-hetero) is 1. The number of carbonyl (C=O) groups excluding carboxylic acids is 1. The Hall–Kier alpha value is -1.85. The first kappa shape index (κ1) is 14.6. The molecule has 0 bridgehead atoms. The molecule has 2 rings (SSSR count). The smallest absolute Gasteiger partial charge is 0.328 e. The van der Waals surface area contributed by atoms with Crippen molar-refractivity contribution in [2.75, 3.05) is 0 Å². The Morgan fingerprint density at radius 1 is 1.35 bits per heavy atom. The number of aromatic nitrogens is 2. The van der Waals surface area contributed by atoms with Crippen LogP contribution < -0.4 is 0 Å². The van der Waals surface area contributed by atoms with Crippen LogP contribution in [-0.2, 0) is 17.8 Å². The minimum absolute atomic E-state index is 0.176. The van der Waals surface area contributed by atoms with Gasteiger partial charge in [0.2, 0.25) is 5.78 Å². The first-order chi connectivity index (χ1) is 9.32. The molecule has 2 aromatic rings. The number of carbonyl (C=O) groups is 1. The first-order valence-electron chi connectivity index (χ1n) is 6.38. The van der Waals surface area contributed by atoms with Crippen molar-refractivity contribution in [2.45, 2.75) is 39.4 Å². The van der Waals surface area contributed by atoms with E-state index in [0.717, 1.165) is 17.5 Å². The van der Waals surface area contributed by atoms with Crippen molar-refractivity contribution in [1.29, 1.82) is 0 Å². The Labute approximate surface area is 114 Å². The van der Waals surface area contributed by atoms with Crippen LogP contribution in [0.15, 0.2) is 18.2 Å². The highest BCUT2D eigenvalue weighted by Crippen LogP contribution is 2.22. The van der Waals surface area contributed by atoms with E-state index >= 15 is 0 Å². The Kier molecular flexibility index (Phi) is 3.83. The monoisotopic (exact) mass is 284 g/mol. The molecule has 108 valence electrons. The summed E-state index contributed by atoms with van der Waals surface area (Å²) < 4.78 is 38.8. The molecule has 0 amide bonds. The second-order valence-corrected chi connectivity index (χ2v) is 4.77. The fourth-order valence-corrected chi connectivity index (χ4v) is 2.14. The van der Waals surface area contributed by atoms with Crippen LogP contribution in [0.5, 0.6) is 0 Å². The molecule has 0 saturated heterocycles. The third-order valence-corrected chi connectivity index (χ3v) is 3.06. The van der Waals surface area contributed by atoms with Gasteiger partial charge in [0, 0.05) is 6.54 Å². The molecule has 20 heavy (non-hydrogen) atoms. The Morgan fingerprint density at radius 2 is 2.05 bits per heavy atom. The molecule has 0 aliphatic heterocycles. The Bertz CT molecular complexity index is 644. The maximum Gasteiger partial charge on any atom is 0.450 e. The average Bonchev–Trinajstić information content (AvgIpc) is 2.66. The number of alkyl halides is 3. The van der Waals surface area contributed by atoms with Gasteiger partial charge in [-0.2, -0.15) is 13.2 Å². The van der Waals surface area contributed by atoms with E-state index in [0.29, 0.717) is 12.1 Å². The molecule has 0 N–H and O–H groups in total. The van der Waals surface area contributed by atoms with Gasteiger partial charge in [0.25, 0.3) is 0 Å². The van der Waals surface area contributed by atoms with Crippen molar-refractivity contribution >= 4 is 16.8 Å². The summed E-state index contributed by atoms with van der Waals surface area (Å²) in [4.78, 5) is 15.3. The molecule has 0 fully saturated rings. The normalized spacial score (nSPS) is 12.1. The third-order valence-electron chi connectivity index (χ3n) is 3.06. The quantitative estimate of drug-likeness (QED) is 0.862. The van der Waals surface area contributed by atoms with E-state index < -0.39 is 18.4 Å². The highest BCUT2D eigenvalue weighted by molar-refractivity contribution is 5.86. The van der Waals surface area contributed by atoms with Crippen LogP contribution in [0.3, 0.4) is 0 Å². The van der Waals surface area contributed by atoms with E-state index in [1.165, 1.54) is 0 Å². The van der Waals surface area contributed by atoms with Crippen LogP contribution in [0.25, 0.3) is 11.0 Å². The molecule has 0 radical (unpaired) electrons. The number of hydrogen-bond donors (Lipinski definition) is 0. The predicted molar refractivity (Wildman–Crippen MR) is 69.5 cm³/mol. The SMILES string of the molecule is CCCn1c(CC(=O)C(F)(F)F)nc2cc(C)ccc21. The molecule has 0 saturated carbocycles. The zero-order valence-corrected chi connectivity index (χ0v) is 11.3. The van der Waals surface area contributed by atoms with Crippen molar-refractivity contribution in [3.05, 3.63) is 29.6 Å². The lowest BCUT2D eigenvalue weighted by atomic mass is 10.2.